The number of fused-ring (bicyclic) bond motifs is 3. The molecule has 0 radical (unpaired) electrons. The molecule has 0 saturated heterocycles. The van der Waals surface area contributed by atoms with Gasteiger partial charge >= 0.3 is 5.97 Å². The fourth-order valence-corrected chi connectivity index (χ4v) is 8.05. The molecule has 2 aromatic carbocycles. The monoisotopic (exact) mass is 677 g/mol. The number of amides is 1. The summed E-state index contributed by atoms with van der Waals surface area (Å²) in [7, 11) is 5.91. The molecule has 0 aliphatic heterocycles. The van der Waals surface area contributed by atoms with Crippen LogP contribution in [0.3, 0.4) is 0 Å². The zero-order valence-corrected chi connectivity index (χ0v) is 28.4. The molecule has 0 aromatic heterocycles. The molecule has 49 heavy (non-hydrogen) atoms. The number of nitrogens with two attached hydrogens (primary N) is 1. The van der Waals surface area contributed by atoms with Crippen molar-refractivity contribution in [1.82, 2.24) is 10.2 Å². The van der Waals surface area contributed by atoms with Gasteiger partial charge in [0.1, 0.15) is 17.5 Å². The van der Waals surface area contributed by atoms with Crippen LogP contribution in [0.5, 0.6) is 11.5 Å². The van der Waals surface area contributed by atoms with E-state index in [0.29, 0.717) is 35.4 Å². The van der Waals surface area contributed by atoms with E-state index in [9.17, 15) is 39.0 Å². The van der Waals surface area contributed by atoms with E-state index in [1.807, 2.05) is 26.0 Å². The van der Waals surface area contributed by atoms with Gasteiger partial charge in [0, 0.05) is 18.0 Å². The van der Waals surface area contributed by atoms with Crippen LogP contribution >= 0.6 is 0 Å². The first-order chi connectivity index (χ1) is 23.1. The van der Waals surface area contributed by atoms with Gasteiger partial charge in [-0.3, -0.25) is 33.7 Å². The van der Waals surface area contributed by atoms with Crippen molar-refractivity contribution in [3.63, 3.8) is 0 Å². The summed E-state index contributed by atoms with van der Waals surface area (Å²) < 4.78 is 10.7. The van der Waals surface area contributed by atoms with Gasteiger partial charge in [0.15, 0.2) is 34.7 Å². The second-order valence-electron chi connectivity index (χ2n) is 13.9. The number of ketones is 4. The molecule has 13 heteroatoms. The number of aliphatic hydroxyl groups is 1. The molecule has 5 rings (SSSR count). The highest BCUT2D eigenvalue weighted by Crippen LogP contribution is 2.52. The first-order valence-electron chi connectivity index (χ1n) is 16.3. The lowest BCUT2D eigenvalue weighted by atomic mass is 9.52. The van der Waals surface area contributed by atoms with E-state index >= 15 is 0 Å². The predicted octanol–water partition coefficient (Wildman–Crippen LogP) is 1.22. The van der Waals surface area contributed by atoms with Crippen LogP contribution in [0.2, 0.25) is 0 Å². The standard InChI is InChI=1S/C36H43N3O10/c1-16(2)11-23(35(46)49-6)38-15-17-7-10-25(48-5)20(12-17)19-8-9-24(40)27-21(19)13-18-14-22-29(39(3)4)31(42)28(34(37)45)33(44)36(22,47)32(43)26(18)30(27)41/h7-10,12,16,18,22-23,26,28-29,38,40,47H,11,13-15H2,1-6H3,(H2,37,45)/t18-,22-,23?,26?,28?,29-,36-/m0/s1. The third-order valence-corrected chi connectivity index (χ3v) is 10.2. The first-order valence-corrected chi connectivity index (χ1v) is 16.3. The number of hydrogen-bond acceptors (Lipinski definition) is 12. The third kappa shape index (κ3) is 5.93. The lowest BCUT2D eigenvalue weighted by Gasteiger charge is -2.52. The van der Waals surface area contributed by atoms with E-state index in [-0.39, 0.29) is 36.0 Å². The largest absolute Gasteiger partial charge is 0.507 e. The minimum absolute atomic E-state index is 0.0646. The van der Waals surface area contributed by atoms with Gasteiger partial charge in [0.25, 0.3) is 0 Å². The molecule has 7 atom stereocenters. The molecule has 262 valence electrons. The summed E-state index contributed by atoms with van der Waals surface area (Å²) in [6, 6.07) is 6.72. The maximum atomic E-state index is 14.2. The number of methoxy groups -OCH3 is 2. The van der Waals surface area contributed by atoms with Crippen molar-refractivity contribution in [2.75, 3.05) is 28.3 Å². The first kappa shape index (κ1) is 35.8. The molecule has 2 saturated carbocycles. The lowest BCUT2D eigenvalue weighted by molar-refractivity contribution is -0.181. The fraction of sp³-hybridized carbons (Fsp3) is 0.500. The van der Waals surface area contributed by atoms with E-state index in [1.54, 1.807) is 12.1 Å². The number of carbonyl (C=O) groups excluding carboxylic acids is 6. The van der Waals surface area contributed by atoms with Crippen molar-refractivity contribution < 1.29 is 48.5 Å². The molecule has 3 aliphatic carbocycles. The number of carbonyl (C=O) groups is 6. The number of nitrogens with one attached hydrogen (secondary N) is 1. The average Bonchev–Trinajstić information content (AvgIpc) is 3.03. The van der Waals surface area contributed by atoms with Gasteiger partial charge in [-0.15, -0.1) is 0 Å². The number of likely N-dealkylation sites (N-methyl/N-ethyl adjacent to an activating group) is 1. The van der Waals surface area contributed by atoms with Crippen LogP contribution in [-0.4, -0.2) is 96.1 Å². The fourth-order valence-electron chi connectivity index (χ4n) is 8.05. The summed E-state index contributed by atoms with van der Waals surface area (Å²) >= 11 is 0. The van der Waals surface area contributed by atoms with Gasteiger partial charge in [-0.25, -0.2) is 0 Å². The highest BCUT2D eigenvalue weighted by atomic mass is 16.5. The van der Waals surface area contributed by atoms with Gasteiger partial charge in [-0.1, -0.05) is 26.0 Å². The molecule has 2 fully saturated rings. The molecule has 0 heterocycles. The van der Waals surface area contributed by atoms with Crippen LogP contribution in [0, 0.1) is 29.6 Å². The molecular weight excluding hydrogens is 634 g/mol. The quantitative estimate of drug-likeness (QED) is 0.207. The predicted molar refractivity (Wildman–Crippen MR) is 175 cm³/mol. The lowest BCUT2D eigenvalue weighted by Crippen LogP contribution is -2.74. The Bertz CT molecular complexity index is 1740. The van der Waals surface area contributed by atoms with E-state index in [0.717, 1.165) is 5.56 Å². The number of phenols is 1. The molecular formula is C36H43N3O10. The molecule has 13 nitrogen and oxygen atoms in total. The Morgan fingerprint density at radius 2 is 1.76 bits per heavy atom. The van der Waals surface area contributed by atoms with E-state index in [2.05, 4.69) is 5.32 Å². The number of rotatable bonds is 10. The zero-order valence-electron chi connectivity index (χ0n) is 28.4. The summed E-state index contributed by atoms with van der Waals surface area (Å²) in [6.07, 6.45) is 0.598. The molecule has 5 N–H and O–H groups in total. The number of nitrogens with zero attached hydrogens (tertiary/aromatic N) is 1. The summed E-state index contributed by atoms with van der Waals surface area (Å²) in [5.41, 5.74) is 4.89. The molecule has 3 unspecified atom stereocenters. The number of Topliss-reactive ketones (excluding diaryl/α,β-unsaturated/α-hetero) is 4. The number of ether oxygens (including phenoxy) is 2. The highest BCUT2D eigenvalue weighted by molar-refractivity contribution is 6.32. The molecule has 0 spiro atoms. The van der Waals surface area contributed by atoms with Gasteiger partial charge in [-0.2, -0.15) is 0 Å². The zero-order chi connectivity index (χ0) is 36.1. The Labute approximate surface area is 284 Å². The molecule has 1 amide bonds. The Hall–Kier alpha value is -4.46. The maximum Gasteiger partial charge on any atom is 0.322 e. The summed E-state index contributed by atoms with van der Waals surface area (Å²) in [6.45, 7) is 4.32. The molecule has 3 aliphatic rings. The Balaban J connectivity index is 1.57. The number of benzene rings is 2. The van der Waals surface area contributed by atoms with Crippen molar-refractivity contribution in [2.45, 2.75) is 57.3 Å². The van der Waals surface area contributed by atoms with E-state index < -0.39 is 70.4 Å². The van der Waals surface area contributed by atoms with Crippen LogP contribution in [0.1, 0.15) is 48.2 Å². The minimum atomic E-state index is -2.80. The van der Waals surface area contributed by atoms with Crippen LogP contribution in [0.25, 0.3) is 11.1 Å². The second kappa shape index (κ2) is 13.4. The number of primary amides is 1. The topological polar surface area (TPSA) is 203 Å². The summed E-state index contributed by atoms with van der Waals surface area (Å²) in [5.74, 6) is -10.8. The van der Waals surface area contributed by atoms with Crippen molar-refractivity contribution in [1.29, 1.82) is 0 Å². The van der Waals surface area contributed by atoms with Crippen LogP contribution in [0.4, 0.5) is 0 Å². The van der Waals surface area contributed by atoms with Crippen molar-refractivity contribution >= 4 is 35.0 Å². The average molecular weight is 678 g/mol. The highest BCUT2D eigenvalue weighted by Gasteiger charge is 2.69. The van der Waals surface area contributed by atoms with Crippen molar-refractivity contribution in [2.24, 2.45) is 35.3 Å². The smallest absolute Gasteiger partial charge is 0.322 e. The summed E-state index contributed by atoms with van der Waals surface area (Å²) in [4.78, 5) is 81.4. The van der Waals surface area contributed by atoms with Crippen LogP contribution in [0.15, 0.2) is 30.3 Å². The number of hydrogen-bond donors (Lipinski definition) is 4. The van der Waals surface area contributed by atoms with Gasteiger partial charge in [0.2, 0.25) is 5.91 Å². The van der Waals surface area contributed by atoms with E-state index in [1.165, 1.54) is 39.3 Å². The number of aromatic hydroxyl groups is 1. The molecule has 0 bridgehead atoms. The minimum Gasteiger partial charge on any atom is -0.507 e. The Morgan fingerprint density at radius 3 is 2.35 bits per heavy atom. The molecule has 2 aromatic rings. The normalized spacial score (nSPS) is 27.0. The Morgan fingerprint density at radius 1 is 1.06 bits per heavy atom. The van der Waals surface area contributed by atoms with Gasteiger partial charge in [0.05, 0.1) is 31.7 Å². The van der Waals surface area contributed by atoms with Crippen molar-refractivity contribution in [3.8, 4) is 22.6 Å². The SMILES string of the molecule is COC(=O)C(CC(C)C)NCc1ccc(OC)c(-c2ccc(O)c3c2C[C@H]2C[C@H]4[C@H](N(C)C)C(=O)C(C(N)=O)C(=O)[C@@]4(O)C(=O)C2C3=O)c1. The van der Waals surface area contributed by atoms with Crippen LogP contribution in [-0.2, 0) is 41.7 Å². The summed E-state index contributed by atoms with van der Waals surface area (Å²) in [5, 5.41) is 26.1. The van der Waals surface area contributed by atoms with Crippen molar-refractivity contribution in [3.05, 3.63) is 47.0 Å². The van der Waals surface area contributed by atoms with Gasteiger partial charge < -0.3 is 30.7 Å². The third-order valence-electron chi connectivity index (χ3n) is 10.2. The van der Waals surface area contributed by atoms with Gasteiger partial charge in [-0.05, 0) is 80.1 Å². The second-order valence-corrected chi connectivity index (χ2v) is 13.9. The number of phenolic OH excluding ortho intramolecular Hbond substituents is 1. The van der Waals surface area contributed by atoms with Crippen LogP contribution < -0.4 is 15.8 Å². The number of esters is 1. The Kier molecular flexibility index (Phi) is 9.84. The maximum absolute atomic E-state index is 14.2. The van der Waals surface area contributed by atoms with E-state index in [4.69, 9.17) is 15.2 Å².